The Morgan fingerprint density at radius 1 is 0.341 bits per heavy atom. The fourth-order valence-electron chi connectivity index (χ4n) is 7.99. The van der Waals surface area contributed by atoms with Gasteiger partial charge in [-0.1, -0.05) is 207 Å². The highest BCUT2D eigenvalue weighted by Gasteiger charge is 2.29. The molecule has 0 heterocycles. The molecule has 4 N–H and O–H groups in total. The Morgan fingerprint density at radius 3 is 1.04 bits per heavy atom. The van der Waals surface area contributed by atoms with E-state index in [1.165, 1.54) is 38.5 Å². The third-order valence-corrected chi connectivity index (χ3v) is 14.9. The predicted molar refractivity (Wildman–Crippen MR) is 344 cm³/mol. The van der Waals surface area contributed by atoms with Crippen molar-refractivity contribution < 1.29 is 75.8 Å². The number of carbonyl (C=O) groups excluding carboxylic acids is 3. The van der Waals surface area contributed by atoms with E-state index in [0.717, 1.165) is 141 Å². The van der Waals surface area contributed by atoms with Crippen LogP contribution in [-0.2, 0) is 55.8 Å². The molecule has 0 aromatic carbocycles. The number of esters is 3. The summed E-state index contributed by atoms with van der Waals surface area (Å²) in [5.41, 5.74) is 0. The number of hydrogen-bond acceptors (Lipinski definition) is 14. The number of unbranched alkanes of at least 4 members (excludes halogenated alkanes) is 19. The number of aliphatic hydroxyl groups excluding tert-OH is 2. The maximum absolute atomic E-state index is 12.8. The van der Waals surface area contributed by atoms with Gasteiger partial charge in [-0.25, -0.2) is 9.13 Å². The van der Waals surface area contributed by atoms with Crippen LogP contribution in [0, 0.1) is 0 Å². The zero-order valence-electron chi connectivity index (χ0n) is 52.5. The van der Waals surface area contributed by atoms with Crippen LogP contribution in [0.5, 0.6) is 0 Å². The van der Waals surface area contributed by atoms with Crippen LogP contribution in [0.1, 0.15) is 239 Å². The molecule has 488 valence electrons. The van der Waals surface area contributed by atoms with Gasteiger partial charge in [-0.3, -0.25) is 32.5 Å². The summed E-state index contributed by atoms with van der Waals surface area (Å²) in [6.45, 7) is 2.39. The molecule has 0 amide bonds. The summed E-state index contributed by atoms with van der Waals surface area (Å²) in [7, 11) is -9.78. The zero-order valence-corrected chi connectivity index (χ0v) is 54.3. The van der Waals surface area contributed by atoms with Crippen molar-refractivity contribution in [2.75, 3.05) is 39.6 Å². The highest BCUT2D eigenvalue weighted by molar-refractivity contribution is 7.47. The quantitative estimate of drug-likeness (QED) is 0.0146. The van der Waals surface area contributed by atoms with Crippen molar-refractivity contribution in [1.82, 2.24) is 0 Å². The molecule has 0 saturated heterocycles. The molecule has 0 fully saturated rings. The fourth-order valence-corrected chi connectivity index (χ4v) is 9.58. The number of phosphoric acid groups is 2. The van der Waals surface area contributed by atoms with Gasteiger partial charge in [0.05, 0.1) is 26.4 Å². The molecular formula is C67H114O16P2. The molecule has 5 unspecified atom stereocenters. The van der Waals surface area contributed by atoms with Gasteiger partial charge in [0.1, 0.15) is 25.4 Å². The summed E-state index contributed by atoms with van der Waals surface area (Å²) >= 11 is 0. The monoisotopic (exact) mass is 1240 g/mol. The van der Waals surface area contributed by atoms with Gasteiger partial charge < -0.3 is 34.2 Å². The average Bonchev–Trinajstić information content (AvgIpc) is 3.60. The van der Waals surface area contributed by atoms with E-state index >= 15 is 0 Å². The van der Waals surface area contributed by atoms with E-state index in [0.29, 0.717) is 19.3 Å². The van der Waals surface area contributed by atoms with Crippen LogP contribution < -0.4 is 0 Å². The lowest BCUT2D eigenvalue weighted by Crippen LogP contribution is -2.30. The first-order valence-electron chi connectivity index (χ1n) is 32.2. The molecule has 0 radical (unpaired) electrons. The lowest BCUT2D eigenvalue weighted by atomic mass is 10.1. The minimum absolute atomic E-state index is 0.0856. The number of aliphatic hydroxyl groups is 2. The van der Waals surface area contributed by atoms with Crippen molar-refractivity contribution in [3.05, 3.63) is 109 Å². The standard InChI is InChI=1S/C67H114O16P2/c1-4-7-10-13-16-19-22-24-26-28-29-30-31-33-35-36-39-41-44-47-50-53-65(70)77-56-62(68)57-79-84(73,74)80-58-63(69)59-81-85(75,76)82-61-64(83-67(72)55-52-49-46-43-38-21-18-15-12-9-6-3)60-78-66(71)54-51-48-45-42-40-37-34-32-27-25-23-20-17-14-11-8-5-2/h8,11,15-20,24-27,29-30,33-35,37,62-64,68-69H,4-7,9-10,12-14,21-23,28,31-32,36,38-61H2,1-3H3,(H,73,74)(H,75,76)/b11-8-,18-15-,19-16-,20-17-,26-24-,27-25-,30-29-,35-33-,37-34-. The van der Waals surface area contributed by atoms with E-state index in [9.17, 15) is 43.5 Å². The molecule has 85 heavy (non-hydrogen) atoms. The molecular weight excluding hydrogens is 1120 g/mol. The smallest absolute Gasteiger partial charge is 0.463 e. The molecule has 0 aromatic heterocycles. The van der Waals surface area contributed by atoms with Crippen molar-refractivity contribution >= 4 is 33.6 Å². The molecule has 0 aliphatic heterocycles. The predicted octanol–water partition coefficient (Wildman–Crippen LogP) is 17.3. The lowest BCUT2D eigenvalue weighted by molar-refractivity contribution is -0.161. The second kappa shape index (κ2) is 60.5. The van der Waals surface area contributed by atoms with Crippen LogP contribution in [0.2, 0.25) is 0 Å². The molecule has 0 rings (SSSR count). The SMILES string of the molecule is CC/C=C\C/C=C\C/C=C\C/C=C\CCCCCCC(=O)OCC(COP(=O)(O)OCC(O)COP(=O)(O)OCC(O)COC(=O)CCCCCCC/C=C\C/C=C\C/C=C\C/C=C\CCCCC)OC(=O)CCCCCCC/C=C\CCCC. The Balaban J connectivity index is 4.63. The number of rotatable bonds is 60. The van der Waals surface area contributed by atoms with Gasteiger partial charge in [0.25, 0.3) is 0 Å². The largest absolute Gasteiger partial charge is 0.472 e. The van der Waals surface area contributed by atoms with Crippen molar-refractivity contribution in [2.24, 2.45) is 0 Å². The summed E-state index contributed by atoms with van der Waals surface area (Å²) in [6, 6.07) is 0. The number of phosphoric ester groups is 2. The molecule has 16 nitrogen and oxygen atoms in total. The minimum atomic E-state index is -4.93. The molecule has 0 bridgehead atoms. The molecule has 0 aliphatic carbocycles. The Kier molecular flexibility index (Phi) is 57.8. The van der Waals surface area contributed by atoms with Crippen molar-refractivity contribution in [3.63, 3.8) is 0 Å². The van der Waals surface area contributed by atoms with E-state index in [1.54, 1.807) is 0 Å². The molecule has 0 aromatic rings. The summed E-state index contributed by atoms with van der Waals surface area (Å²) < 4.78 is 60.7. The second-order valence-electron chi connectivity index (χ2n) is 21.2. The van der Waals surface area contributed by atoms with Crippen LogP contribution in [-0.4, -0.2) is 95.9 Å². The summed E-state index contributed by atoms with van der Waals surface area (Å²) in [5.74, 6) is -1.64. The highest BCUT2D eigenvalue weighted by atomic mass is 31.2. The summed E-state index contributed by atoms with van der Waals surface area (Å²) in [5, 5.41) is 20.5. The van der Waals surface area contributed by atoms with Gasteiger partial charge in [0.15, 0.2) is 6.10 Å². The Labute approximate surface area is 513 Å². The van der Waals surface area contributed by atoms with E-state index in [-0.39, 0.29) is 19.3 Å². The van der Waals surface area contributed by atoms with Crippen LogP contribution in [0.15, 0.2) is 109 Å². The third-order valence-electron chi connectivity index (χ3n) is 13.0. The number of ether oxygens (including phenoxy) is 3. The Bertz CT molecular complexity index is 1990. The molecule has 0 aliphatic rings. The minimum Gasteiger partial charge on any atom is -0.463 e. The normalized spacial score (nSPS) is 15.0. The van der Waals surface area contributed by atoms with Gasteiger partial charge in [-0.15, -0.1) is 0 Å². The maximum Gasteiger partial charge on any atom is 0.472 e. The fraction of sp³-hybridized carbons (Fsp3) is 0.687. The number of carbonyl (C=O) groups is 3. The topological polar surface area (TPSA) is 231 Å². The van der Waals surface area contributed by atoms with Gasteiger partial charge in [-0.2, -0.15) is 0 Å². The highest BCUT2D eigenvalue weighted by Crippen LogP contribution is 2.45. The molecule has 18 heteroatoms. The van der Waals surface area contributed by atoms with E-state index < -0.39 is 91.5 Å². The van der Waals surface area contributed by atoms with Crippen LogP contribution in [0.3, 0.4) is 0 Å². The van der Waals surface area contributed by atoms with E-state index in [4.69, 9.17) is 32.3 Å². The first-order valence-corrected chi connectivity index (χ1v) is 35.2. The first-order chi connectivity index (χ1) is 41.2. The molecule has 0 saturated carbocycles. The van der Waals surface area contributed by atoms with Gasteiger partial charge >= 0.3 is 33.6 Å². The number of hydrogen-bond donors (Lipinski definition) is 4. The van der Waals surface area contributed by atoms with Crippen molar-refractivity contribution in [2.45, 2.75) is 257 Å². The lowest BCUT2D eigenvalue weighted by Gasteiger charge is -2.21. The van der Waals surface area contributed by atoms with Crippen LogP contribution in [0.25, 0.3) is 0 Å². The van der Waals surface area contributed by atoms with Gasteiger partial charge in [0.2, 0.25) is 0 Å². The van der Waals surface area contributed by atoms with E-state index in [1.807, 2.05) is 0 Å². The first kappa shape index (κ1) is 81.2. The van der Waals surface area contributed by atoms with E-state index in [2.05, 4.69) is 130 Å². The Morgan fingerprint density at radius 2 is 0.635 bits per heavy atom. The second-order valence-corrected chi connectivity index (χ2v) is 24.1. The van der Waals surface area contributed by atoms with Crippen molar-refractivity contribution in [3.8, 4) is 0 Å². The Hall–Kier alpha value is -3.79. The van der Waals surface area contributed by atoms with Crippen LogP contribution >= 0.6 is 15.6 Å². The number of allylic oxidation sites excluding steroid dienone is 18. The maximum atomic E-state index is 12.8. The summed E-state index contributed by atoms with van der Waals surface area (Å²) in [4.78, 5) is 58.2. The van der Waals surface area contributed by atoms with Gasteiger partial charge in [-0.05, 0) is 122 Å². The summed E-state index contributed by atoms with van der Waals surface area (Å²) in [6.07, 6.45) is 65.8. The van der Waals surface area contributed by atoms with Crippen LogP contribution in [0.4, 0.5) is 0 Å². The van der Waals surface area contributed by atoms with Crippen molar-refractivity contribution in [1.29, 1.82) is 0 Å². The molecule has 0 spiro atoms. The third kappa shape index (κ3) is 61.6. The average molecular weight is 1240 g/mol. The molecule has 5 atom stereocenters. The van der Waals surface area contributed by atoms with Gasteiger partial charge in [0, 0.05) is 19.3 Å². The zero-order chi connectivity index (χ0) is 62.4.